The van der Waals surface area contributed by atoms with Gasteiger partial charge in [0.05, 0.1) is 5.56 Å². The van der Waals surface area contributed by atoms with Gasteiger partial charge in [-0.15, -0.1) is 0 Å². The van der Waals surface area contributed by atoms with Gasteiger partial charge < -0.3 is 10.5 Å². The first-order valence-electron chi connectivity index (χ1n) is 5.73. The minimum Gasteiger partial charge on any atom is -0.438 e. The molecule has 0 bridgehead atoms. The van der Waals surface area contributed by atoms with Crippen molar-refractivity contribution in [2.24, 2.45) is 0 Å². The van der Waals surface area contributed by atoms with E-state index >= 15 is 0 Å². The van der Waals surface area contributed by atoms with Gasteiger partial charge >= 0.3 is 0 Å². The molecule has 5 heteroatoms. The van der Waals surface area contributed by atoms with Crippen molar-refractivity contribution in [2.75, 3.05) is 5.73 Å². The largest absolute Gasteiger partial charge is 0.438 e. The molecule has 94 valence electrons. The summed E-state index contributed by atoms with van der Waals surface area (Å²) in [4.78, 5) is 8.10. The zero-order valence-corrected chi connectivity index (χ0v) is 10.8. The molecule has 0 unspecified atom stereocenters. The number of aromatic nitrogens is 2. The number of hydrogen-bond donors (Lipinski definition) is 1. The van der Waals surface area contributed by atoms with E-state index in [4.69, 9.17) is 22.1 Å². The Labute approximate surface area is 111 Å². The van der Waals surface area contributed by atoms with Crippen molar-refractivity contribution < 1.29 is 4.74 Å². The summed E-state index contributed by atoms with van der Waals surface area (Å²) in [6.07, 6.45) is 3.13. The monoisotopic (exact) mass is 263 g/mol. The summed E-state index contributed by atoms with van der Waals surface area (Å²) in [5, 5.41) is 0.617. The summed E-state index contributed by atoms with van der Waals surface area (Å²) in [7, 11) is 0. The van der Waals surface area contributed by atoms with Gasteiger partial charge in [0.1, 0.15) is 17.9 Å². The predicted molar refractivity (Wildman–Crippen MR) is 72.0 cm³/mol. The van der Waals surface area contributed by atoms with Crippen LogP contribution in [0.15, 0.2) is 30.6 Å². The lowest BCUT2D eigenvalue weighted by molar-refractivity contribution is 0.454. The Balaban J connectivity index is 2.31. The third-order valence-corrected chi connectivity index (χ3v) is 2.68. The van der Waals surface area contributed by atoms with Crippen LogP contribution in [0.5, 0.6) is 11.6 Å². The average Bonchev–Trinajstić information content (AvgIpc) is 2.34. The summed E-state index contributed by atoms with van der Waals surface area (Å²) >= 11 is 5.91. The lowest BCUT2D eigenvalue weighted by Crippen LogP contribution is -2.02. The van der Waals surface area contributed by atoms with Gasteiger partial charge in [0.2, 0.25) is 5.88 Å². The Morgan fingerprint density at radius 3 is 2.89 bits per heavy atom. The van der Waals surface area contributed by atoms with Gasteiger partial charge in [0.15, 0.2) is 0 Å². The standard InChI is InChI=1S/C13H14ClN3O/c1-2-4-11-12(15)16-8-17-13(11)18-10-6-3-5-9(14)7-10/h3,5-8H,2,4H2,1H3,(H2,15,16,17). The van der Waals surface area contributed by atoms with Crippen molar-refractivity contribution in [1.82, 2.24) is 9.97 Å². The van der Waals surface area contributed by atoms with Gasteiger partial charge in [-0.2, -0.15) is 0 Å². The number of nitrogens with two attached hydrogens (primary N) is 1. The zero-order valence-electron chi connectivity index (χ0n) is 10.1. The molecule has 0 aliphatic heterocycles. The lowest BCUT2D eigenvalue weighted by atomic mass is 10.2. The van der Waals surface area contributed by atoms with E-state index in [0.717, 1.165) is 18.4 Å². The summed E-state index contributed by atoms with van der Waals surface area (Å²) in [6, 6.07) is 7.16. The Morgan fingerprint density at radius 2 is 2.17 bits per heavy atom. The molecule has 2 rings (SSSR count). The molecule has 2 N–H and O–H groups in total. The van der Waals surface area contributed by atoms with Crippen molar-refractivity contribution in [2.45, 2.75) is 19.8 Å². The first-order chi connectivity index (χ1) is 8.70. The maximum atomic E-state index is 5.91. The highest BCUT2D eigenvalue weighted by Gasteiger charge is 2.10. The van der Waals surface area contributed by atoms with E-state index in [1.54, 1.807) is 12.1 Å². The van der Waals surface area contributed by atoms with Gasteiger partial charge in [0.25, 0.3) is 0 Å². The fraction of sp³-hybridized carbons (Fsp3) is 0.231. The molecule has 0 radical (unpaired) electrons. The number of nitrogen functional groups attached to an aromatic ring is 1. The molecule has 4 nitrogen and oxygen atoms in total. The van der Waals surface area contributed by atoms with E-state index in [2.05, 4.69) is 16.9 Å². The van der Waals surface area contributed by atoms with Crippen LogP contribution in [-0.2, 0) is 6.42 Å². The fourth-order valence-corrected chi connectivity index (χ4v) is 1.80. The number of benzene rings is 1. The van der Waals surface area contributed by atoms with Crippen LogP contribution in [0.25, 0.3) is 0 Å². The number of hydrogen-bond acceptors (Lipinski definition) is 4. The SMILES string of the molecule is CCCc1c(N)ncnc1Oc1cccc(Cl)c1. The highest BCUT2D eigenvalue weighted by Crippen LogP contribution is 2.27. The molecule has 0 saturated heterocycles. The molecule has 0 fully saturated rings. The van der Waals surface area contributed by atoms with E-state index in [-0.39, 0.29) is 0 Å². The van der Waals surface area contributed by atoms with Crippen molar-refractivity contribution in [1.29, 1.82) is 0 Å². The third kappa shape index (κ3) is 2.90. The number of nitrogens with zero attached hydrogens (tertiary/aromatic N) is 2. The number of anilines is 1. The molecule has 0 atom stereocenters. The van der Waals surface area contributed by atoms with Gasteiger partial charge in [0, 0.05) is 5.02 Å². The Morgan fingerprint density at radius 1 is 1.33 bits per heavy atom. The molecular weight excluding hydrogens is 250 g/mol. The van der Waals surface area contributed by atoms with E-state index in [9.17, 15) is 0 Å². The summed E-state index contributed by atoms with van der Waals surface area (Å²) in [5.41, 5.74) is 6.67. The second kappa shape index (κ2) is 5.69. The van der Waals surface area contributed by atoms with Gasteiger partial charge in [-0.05, 0) is 24.6 Å². The minimum absolute atomic E-state index is 0.462. The molecule has 0 spiro atoms. The highest BCUT2D eigenvalue weighted by atomic mass is 35.5. The molecule has 0 aliphatic carbocycles. The van der Waals surface area contributed by atoms with Crippen LogP contribution in [0.1, 0.15) is 18.9 Å². The number of rotatable bonds is 4. The average molecular weight is 264 g/mol. The van der Waals surface area contributed by atoms with Gasteiger partial charge in [-0.3, -0.25) is 0 Å². The number of ether oxygens (including phenoxy) is 1. The van der Waals surface area contributed by atoms with E-state index in [0.29, 0.717) is 22.5 Å². The quantitative estimate of drug-likeness (QED) is 0.918. The number of halogens is 1. The topological polar surface area (TPSA) is 61.0 Å². The van der Waals surface area contributed by atoms with Crippen molar-refractivity contribution in [3.63, 3.8) is 0 Å². The maximum absolute atomic E-state index is 5.91. The summed E-state index contributed by atoms with van der Waals surface area (Å²) in [5.74, 6) is 1.59. The van der Waals surface area contributed by atoms with Crippen LogP contribution < -0.4 is 10.5 Å². The smallest absolute Gasteiger partial charge is 0.227 e. The molecule has 18 heavy (non-hydrogen) atoms. The molecule has 2 aromatic rings. The van der Waals surface area contributed by atoms with Gasteiger partial charge in [-0.1, -0.05) is 31.0 Å². The fourth-order valence-electron chi connectivity index (χ4n) is 1.62. The second-order valence-corrected chi connectivity index (χ2v) is 4.29. The van der Waals surface area contributed by atoms with Crippen molar-refractivity contribution in [3.8, 4) is 11.6 Å². The maximum Gasteiger partial charge on any atom is 0.227 e. The normalized spacial score (nSPS) is 10.3. The van der Waals surface area contributed by atoms with E-state index < -0.39 is 0 Å². The minimum atomic E-state index is 0.462. The van der Waals surface area contributed by atoms with Crippen LogP contribution in [0.3, 0.4) is 0 Å². The molecule has 0 amide bonds. The summed E-state index contributed by atoms with van der Waals surface area (Å²) < 4.78 is 5.71. The van der Waals surface area contributed by atoms with Crippen molar-refractivity contribution >= 4 is 17.4 Å². The first kappa shape index (κ1) is 12.6. The van der Waals surface area contributed by atoms with Gasteiger partial charge in [-0.25, -0.2) is 9.97 Å². The highest BCUT2D eigenvalue weighted by molar-refractivity contribution is 6.30. The lowest BCUT2D eigenvalue weighted by Gasteiger charge is -2.10. The second-order valence-electron chi connectivity index (χ2n) is 3.85. The molecule has 1 heterocycles. The summed E-state index contributed by atoms with van der Waals surface area (Å²) in [6.45, 7) is 2.07. The van der Waals surface area contributed by atoms with Crippen LogP contribution in [-0.4, -0.2) is 9.97 Å². The molecule has 0 aliphatic rings. The van der Waals surface area contributed by atoms with Crippen LogP contribution in [0.4, 0.5) is 5.82 Å². The Kier molecular flexibility index (Phi) is 3.99. The Bertz CT molecular complexity index is 546. The van der Waals surface area contributed by atoms with Crippen molar-refractivity contribution in [3.05, 3.63) is 41.2 Å². The molecular formula is C13H14ClN3O. The molecule has 0 saturated carbocycles. The van der Waals surface area contributed by atoms with Crippen LogP contribution >= 0.6 is 11.6 Å². The van der Waals surface area contributed by atoms with E-state index in [1.165, 1.54) is 6.33 Å². The van der Waals surface area contributed by atoms with E-state index in [1.807, 2.05) is 12.1 Å². The van der Waals surface area contributed by atoms with Crippen LogP contribution in [0.2, 0.25) is 5.02 Å². The molecule has 1 aromatic carbocycles. The first-order valence-corrected chi connectivity index (χ1v) is 6.11. The molecule has 1 aromatic heterocycles. The Hall–Kier alpha value is -1.81. The van der Waals surface area contributed by atoms with Crippen LogP contribution in [0, 0.1) is 0 Å². The third-order valence-electron chi connectivity index (χ3n) is 2.45. The zero-order chi connectivity index (χ0) is 13.0. The predicted octanol–water partition coefficient (Wildman–Crippen LogP) is 3.46.